The molecule has 2 unspecified atom stereocenters. The molecule has 1 heterocycles. The van der Waals surface area contributed by atoms with Gasteiger partial charge in [-0.1, -0.05) is 17.3 Å². The molecular weight excluding hydrogens is 247 g/mol. The Bertz CT molecular complexity index is 570. The zero-order valence-electron chi connectivity index (χ0n) is 10.4. The molecule has 100 valence electrons. The van der Waals surface area contributed by atoms with E-state index in [-0.39, 0.29) is 17.8 Å². The second kappa shape index (κ2) is 5.09. The number of rotatable bonds is 3. The molecule has 0 spiro atoms. The molecule has 0 amide bonds. The van der Waals surface area contributed by atoms with Gasteiger partial charge < -0.3 is 9.63 Å². The van der Waals surface area contributed by atoms with E-state index in [1.54, 1.807) is 6.07 Å². The molecule has 19 heavy (non-hydrogen) atoms. The molecule has 1 aliphatic carbocycles. The van der Waals surface area contributed by atoms with Crippen LogP contribution >= 0.6 is 0 Å². The standard InChI is InChI=1S/C14H15FN2O2/c15-10-4-1-3-9(7-10)8-13-16-14(19-17-13)11-5-2-6-12(11)18/h1,3-4,7,11-12,18H,2,5-6,8H2. The molecule has 4 nitrogen and oxygen atoms in total. The number of aromatic nitrogens is 2. The lowest BCUT2D eigenvalue weighted by molar-refractivity contribution is 0.148. The minimum Gasteiger partial charge on any atom is -0.392 e. The van der Waals surface area contributed by atoms with E-state index in [2.05, 4.69) is 10.1 Å². The van der Waals surface area contributed by atoms with Gasteiger partial charge in [-0.05, 0) is 37.0 Å². The number of hydrogen-bond donors (Lipinski definition) is 1. The largest absolute Gasteiger partial charge is 0.392 e. The summed E-state index contributed by atoms with van der Waals surface area (Å²) in [6.45, 7) is 0. The summed E-state index contributed by atoms with van der Waals surface area (Å²) in [5.74, 6) is 0.706. The van der Waals surface area contributed by atoms with Crippen molar-refractivity contribution in [1.82, 2.24) is 10.1 Å². The minimum atomic E-state index is -0.387. The molecule has 1 aromatic heterocycles. The molecule has 0 radical (unpaired) electrons. The SMILES string of the molecule is OC1CCCC1c1nc(Cc2cccc(F)c2)no1. The Labute approximate surface area is 110 Å². The lowest BCUT2D eigenvalue weighted by Crippen LogP contribution is -2.11. The number of aliphatic hydroxyl groups excluding tert-OH is 1. The Balaban J connectivity index is 1.74. The highest BCUT2D eigenvalue weighted by Gasteiger charge is 2.31. The summed E-state index contributed by atoms with van der Waals surface area (Å²) in [7, 11) is 0. The molecule has 2 atom stereocenters. The monoisotopic (exact) mass is 262 g/mol. The average molecular weight is 262 g/mol. The van der Waals surface area contributed by atoms with Crippen molar-refractivity contribution in [3.63, 3.8) is 0 Å². The molecule has 5 heteroatoms. The van der Waals surface area contributed by atoms with E-state index in [1.807, 2.05) is 6.07 Å². The van der Waals surface area contributed by atoms with E-state index >= 15 is 0 Å². The smallest absolute Gasteiger partial charge is 0.232 e. The molecule has 3 rings (SSSR count). The molecule has 2 aromatic rings. The van der Waals surface area contributed by atoms with Gasteiger partial charge in [-0.2, -0.15) is 4.98 Å². The molecule has 1 aromatic carbocycles. The summed E-state index contributed by atoms with van der Waals surface area (Å²) in [6, 6.07) is 6.34. The van der Waals surface area contributed by atoms with Crippen LogP contribution in [0.25, 0.3) is 0 Å². The van der Waals surface area contributed by atoms with Gasteiger partial charge in [0.2, 0.25) is 5.89 Å². The van der Waals surface area contributed by atoms with Crippen LogP contribution in [0.2, 0.25) is 0 Å². The number of benzene rings is 1. The van der Waals surface area contributed by atoms with Crippen molar-refractivity contribution < 1.29 is 14.0 Å². The summed E-state index contributed by atoms with van der Waals surface area (Å²) in [6.07, 6.45) is 2.69. The maximum Gasteiger partial charge on any atom is 0.232 e. The van der Waals surface area contributed by atoms with Crippen LogP contribution < -0.4 is 0 Å². The lowest BCUT2D eigenvalue weighted by atomic mass is 10.1. The Kier molecular flexibility index (Phi) is 3.29. The molecule has 1 N–H and O–H groups in total. The van der Waals surface area contributed by atoms with Crippen molar-refractivity contribution in [2.24, 2.45) is 0 Å². The molecule has 1 saturated carbocycles. The fourth-order valence-corrected chi connectivity index (χ4v) is 2.55. The second-order valence-electron chi connectivity index (χ2n) is 4.96. The predicted molar refractivity (Wildman–Crippen MR) is 66.1 cm³/mol. The third-order valence-electron chi connectivity index (χ3n) is 3.53. The minimum absolute atomic E-state index is 0.0474. The number of nitrogens with zero attached hydrogens (tertiary/aromatic N) is 2. The summed E-state index contributed by atoms with van der Waals surface area (Å²) < 4.78 is 18.3. The third kappa shape index (κ3) is 2.66. The normalized spacial score (nSPS) is 22.8. The van der Waals surface area contributed by atoms with Crippen molar-refractivity contribution in [2.45, 2.75) is 37.7 Å². The first-order chi connectivity index (χ1) is 9.22. The average Bonchev–Trinajstić information content (AvgIpc) is 2.98. The summed E-state index contributed by atoms with van der Waals surface area (Å²) in [4.78, 5) is 4.31. The Morgan fingerprint density at radius 2 is 2.26 bits per heavy atom. The van der Waals surface area contributed by atoms with Gasteiger partial charge in [0.05, 0.1) is 12.0 Å². The van der Waals surface area contributed by atoms with Crippen LogP contribution in [0.5, 0.6) is 0 Å². The Morgan fingerprint density at radius 3 is 3.00 bits per heavy atom. The van der Waals surface area contributed by atoms with Gasteiger partial charge >= 0.3 is 0 Å². The number of hydrogen-bond acceptors (Lipinski definition) is 4. The van der Waals surface area contributed by atoms with Gasteiger partial charge in [0.1, 0.15) is 5.82 Å². The van der Waals surface area contributed by atoms with Crippen LogP contribution in [0.4, 0.5) is 4.39 Å². The van der Waals surface area contributed by atoms with Crippen molar-refractivity contribution in [2.75, 3.05) is 0 Å². The van der Waals surface area contributed by atoms with Crippen molar-refractivity contribution in [3.8, 4) is 0 Å². The Hall–Kier alpha value is -1.75. The molecule has 1 aliphatic rings. The van der Waals surface area contributed by atoms with Crippen LogP contribution in [0, 0.1) is 5.82 Å². The first-order valence-corrected chi connectivity index (χ1v) is 6.47. The van der Waals surface area contributed by atoms with E-state index in [0.29, 0.717) is 18.1 Å². The van der Waals surface area contributed by atoms with Gasteiger partial charge in [-0.15, -0.1) is 0 Å². The summed E-state index contributed by atoms with van der Waals surface area (Å²) in [5.41, 5.74) is 0.805. The van der Waals surface area contributed by atoms with Crippen molar-refractivity contribution in [3.05, 3.63) is 47.4 Å². The highest BCUT2D eigenvalue weighted by molar-refractivity contribution is 5.20. The Morgan fingerprint density at radius 1 is 1.37 bits per heavy atom. The van der Waals surface area contributed by atoms with Gasteiger partial charge in [0.25, 0.3) is 0 Å². The molecular formula is C14H15FN2O2. The summed E-state index contributed by atoms with van der Waals surface area (Å²) >= 11 is 0. The van der Waals surface area contributed by atoms with E-state index in [1.165, 1.54) is 12.1 Å². The summed E-state index contributed by atoms with van der Waals surface area (Å²) in [5, 5.41) is 13.7. The van der Waals surface area contributed by atoms with E-state index in [0.717, 1.165) is 24.8 Å². The number of aliphatic hydroxyl groups is 1. The maximum atomic E-state index is 13.1. The highest BCUT2D eigenvalue weighted by atomic mass is 19.1. The highest BCUT2D eigenvalue weighted by Crippen LogP contribution is 2.33. The van der Waals surface area contributed by atoms with Crippen LogP contribution in [0.1, 0.15) is 42.5 Å². The molecule has 0 saturated heterocycles. The van der Waals surface area contributed by atoms with Crippen LogP contribution in [0.3, 0.4) is 0 Å². The zero-order valence-corrected chi connectivity index (χ0v) is 10.4. The van der Waals surface area contributed by atoms with Gasteiger partial charge in [0, 0.05) is 6.42 Å². The van der Waals surface area contributed by atoms with Crippen LogP contribution in [-0.4, -0.2) is 21.4 Å². The molecule has 1 fully saturated rings. The van der Waals surface area contributed by atoms with Crippen LogP contribution in [-0.2, 0) is 6.42 Å². The first kappa shape index (κ1) is 12.3. The first-order valence-electron chi connectivity index (χ1n) is 6.47. The fraction of sp³-hybridized carbons (Fsp3) is 0.429. The van der Waals surface area contributed by atoms with Crippen molar-refractivity contribution in [1.29, 1.82) is 0 Å². The quantitative estimate of drug-likeness (QED) is 0.923. The predicted octanol–water partition coefficient (Wildman–Crippen LogP) is 2.43. The molecule has 0 bridgehead atoms. The lowest BCUT2D eigenvalue weighted by Gasteiger charge is -2.07. The van der Waals surface area contributed by atoms with E-state index < -0.39 is 0 Å². The van der Waals surface area contributed by atoms with E-state index in [9.17, 15) is 9.50 Å². The van der Waals surface area contributed by atoms with Crippen molar-refractivity contribution >= 4 is 0 Å². The van der Waals surface area contributed by atoms with Gasteiger partial charge in [-0.25, -0.2) is 4.39 Å². The van der Waals surface area contributed by atoms with E-state index in [4.69, 9.17) is 4.52 Å². The number of halogens is 1. The van der Waals surface area contributed by atoms with Crippen LogP contribution in [0.15, 0.2) is 28.8 Å². The topological polar surface area (TPSA) is 59.2 Å². The van der Waals surface area contributed by atoms with Gasteiger partial charge in [0.15, 0.2) is 5.82 Å². The second-order valence-corrected chi connectivity index (χ2v) is 4.96. The maximum absolute atomic E-state index is 13.1. The third-order valence-corrected chi connectivity index (χ3v) is 3.53. The zero-order chi connectivity index (χ0) is 13.2. The molecule has 0 aliphatic heterocycles. The van der Waals surface area contributed by atoms with Gasteiger partial charge in [-0.3, -0.25) is 0 Å². The fourth-order valence-electron chi connectivity index (χ4n) is 2.55.